The van der Waals surface area contributed by atoms with Crippen LogP contribution in [0, 0.1) is 0 Å². The third kappa shape index (κ3) is 15.0. The molecule has 3 nitrogen and oxygen atoms in total. The Hall–Kier alpha value is 0.460. The van der Waals surface area contributed by atoms with Crippen LogP contribution >= 0.6 is 11.6 Å². The van der Waals surface area contributed by atoms with Crippen LogP contribution in [0.15, 0.2) is 12.2 Å². The smallest absolute Gasteiger partial charge is 0.333 e. The van der Waals surface area contributed by atoms with Gasteiger partial charge in [-0.2, -0.15) is 0 Å². The van der Waals surface area contributed by atoms with E-state index in [0.717, 1.165) is 6.54 Å². The van der Waals surface area contributed by atoms with Crippen LogP contribution in [0.25, 0.3) is 0 Å². The van der Waals surface area contributed by atoms with Gasteiger partial charge >= 0.3 is 5.97 Å². The Bertz CT molecular complexity index is 163. The SMILES string of the molecule is C=C(C)C(=O)OCCN(C)C.CCl.[Na]. The van der Waals surface area contributed by atoms with Crippen molar-refractivity contribution in [3.05, 3.63) is 12.2 Å². The maximum atomic E-state index is 10.8. The minimum absolute atomic E-state index is 0. The van der Waals surface area contributed by atoms with Gasteiger partial charge in [-0.05, 0) is 21.0 Å². The van der Waals surface area contributed by atoms with E-state index in [2.05, 4.69) is 18.2 Å². The van der Waals surface area contributed by atoms with E-state index in [9.17, 15) is 4.79 Å². The summed E-state index contributed by atoms with van der Waals surface area (Å²) in [5.74, 6) is -0.313. The summed E-state index contributed by atoms with van der Waals surface area (Å²) in [6, 6.07) is 0. The normalized spacial score (nSPS) is 8.14. The molecule has 0 N–H and O–H groups in total. The minimum Gasteiger partial charge on any atom is -0.461 e. The molecule has 0 aromatic carbocycles. The number of esters is 1. The summed E-state index contributed by atoms with van der Waals surface area (Å²) in [4.78, 5) is 12.7. The van der Waals surface area contributed by atoms with Gasteiger partial charge < -0.3 is 9.64 Å². The van der Waals surface area contributed by atoms with Crippen LogP contribution in [-0.4, -0.2) is 74.1 Å². The molecule has 0 bridgehead atoms. The second kappa shape index (κ2) is 13.5. The van der Waals surface area contributed by atoms with Crippen molar-refractivity contribution >= 4 is 47.1 Å². The van der Waals surface area contributed by atoms with E-state index < -0.39 is 0 Å². The summed E-state index contributed by atoms with van der Waals surface area (Å²) in [7, 11) is 3.85. The van der Waals surface area contributed by atoms with Gasteiger partial charge in [0.1, 0.15) is 6.61 Å². The molecule has 0 atom stereocenters. The Balaban J connectivity index is -0.000000376. The Morgan fingerprint density at radius 3 is 2.14 bits per heavy atom. The Morgan fingerprint density at radius 1 is 1.43 bits per heavy atom. The van der Waals surface area contributed by atoms with Gasteiger partial charge in [-0.25, -0.2) is 4.79 Å². The molecule has 0 saturated carbocycles. The fraction of sp³-hybridized carbons (Fsp3) is 0.667. The first-order valence-electron chi connectivity index (χ1n) is 3.89. The molecule has 0 unspecified atom stereocenters. The van der Waals surface area contributed by atoms with Crippen LogP contribution in [0.2, 0.25) is 0 Å². The van der Waals surface area contributed by atoms with Crippen LogP contribution in [0.1, 0.15) is 6.92 Å². The minimum atomic E-state index is -0.313. The summed E-state index contributed by atoms with van der Waals surface area (Å²) in [5.41, 5.74) is 0.448. The molecule has 79 valence electrons. The molecule has 0 fully saturated rings. The maximum absolute atomic E-state index is 10.8. The molecule has 5 heteroatoms. The van der Waals surface area contributed by atoms with E-state index >= 15 is 0 Å². The Morgan fingerprint density at radius 2 is 1.86 bits per heavy atom. The predicted octanol–water partition coefficient (Wildman–Crippen LogP) is 1.14. The van der Waals surface area contributed by atoms with Crippen LogP contribution in [0.5, 0.6) is 0 Å². The van der Waals surface area contributed by atoms with Crippen LogP contribution in [0.4, 0.5) is 0 Å². The number of hydrogen-bond acceptors (Lipinski definition) is 3. The molecule has 0 saturated heterocycles. The summed E-state index contributed by atoms with van der Waals surface area (Å²) in [6.45, 7) is 6.28. The molecule has 0 aromatic rings. The average molecular weight is 231 g/mol. The third-order valence-corrected chi connectivity index (χ3v) is 1.12. The van der Waals surface area contributed by atoms with Gasteiger partial charge in [0.05, 0.1) is 0 Å². The monoisotopic (exact) mass is 230 g/mol. The Kier molecular flexibility index (Phi) is 19.2. The summed E-state index contributed by atoms with van der Waals surface area (Å²) < 4.78 is 4.83. The van der Waals surface area contributed by atoms with E-state index in [1.165, 1.54) is 6.38 Å². The molecule has 0 amide bonds. The predicted molar refractivity (Wildman–Crippen MR) is 61.9 cm³/mol. The van der Waals surface area contributed by atoms with Gasteiger partial charge in [-0.1, -0.05) is 6.58 Å². The van der Waals surface area contributed by atoms with Crippen LogP contribution in [-0.2, 0) is 9.53 Å². The first-order valence-corrected chi connectivity index (χ1v) is 4.65. The van der Waals surface area contributed by atoms with Gasteiger partial charge in [-0.15, -0.1) is 11.6 Å². The molecule has 14 heavy (non-hydrogen) atoms. The molecule has 0 spiro atoms. The van der Waals surface area contributed by atoms with Crippen molar-refractivity contribution in [3.8, 4) is 0 Å². The molecule has 0 aliphatic heterocycles. The van der Waals surface area contributed by atoms with Crippen LogP contribution in [0.3, 0.4) is 0 Å². The largest absolute Gasteiger partial charge is 0.461 e. The maximum Gasteiger partial charge on any atom is 0.333 e. The fourth-order valence-electron chi connectivity index (χ4n) is 0.444. The zero-order valence-corrected chi connectivity index (χ0v) is 12.5. The van der Waals surface area contributed by atoms with Gasteiger partial charge in [0, 0.05) is 48.1 Å². The molecule has 0 aliphatic rings. The van der Waals surface area contributed by atoms with Gasteiger partial charge in [0.2, 0.25) is 0 Å². The number of ether oxygens (including phenoxy) is 1. The molecular weight excluding hydrogens is 213 g/mol. The standard InChI is InChI=1S/C8H15NO2.CH3Cl.Na/c1-7(2)8(10)11-6-5-9(3)4;1-2;/h1,5-6H2,2-4H3;1H3;. The second-order valence-corrected chi connectivity index (χ2v) is 2.72. The number of carbonyl (C=O) groups is 1. The van der Waals surface area contributed by atoms with Gasteiger partial charge in [0.15, 0.2) is 0 Å². The number of nitrogens with zero attached hydrogens (tertiary/aromatic N) is 1. The first kappa shape index (κ1) is 19.9. The summed E-state index contributed by atoms with van der Waals surface area (Å²) >= 11 is 4.64. The van der Waals surface area contributed by atoms with Gasteiger partial charge in [0.25, 0.3) is 0 Å². The number of alkyl halides is 1. The first-order chi connectivity index (χ1) is 6.04. The van der Waals surface area contributed by atoms with Crippen molar-refractivity contribution < 1.29 is 9.53 Å². The van der Waals surface area contributed by atoms with E-state index in [0.29, 0.717) is 12.2 Å². The third-order valence-electron chi connectivity index (χ3n) is 1.12. The van der Waals surface area contributed by atoms with Crippen LogP contribution < -0.4 is 0 Å². The quantitative estimate of drug-likeness (QED) is 0.314. The van der Waals surface area contributed by atoms with Gasteiger partial charge in [-0.3, -0.25) is 0 Å². The molecule has 0 aliphatic carbocycles. The molecule has 0 heterocycles. The molecule has 1 radical (unpaired) electrons. The number of carbonyl (C=O) groups excluding carboxylic acids is 1. The van der Waals surface area contributed by atoms with E-state index in [4.69, 9.17) is 4.74 Å². The van der Waals surface area contributed by atoms with Crippen molar-refractivity contribution in [1.29, 1.82) is 0 Å². The van der Waals surface area contributed by atoms with E-state index in [1.807, 2.05) is 19.0 Å². The van der Waals surface area contributed by atoms with Crippen molar-refractivity contribution in [2.45, 2.75) is 6.92 Å². The number of hydrogen-bond donors (Lipinski definition) is 0. The Labute approximate surface area is 114 Å². The van der Waals surface area contributed by atoms with Crippen molar-refractivity contribution in [2.75, 3.05) is 33.6 Å². The van der Waals surface area contributed by atoms with Crippen molar-refractivity contribution in [3.63, 3.8) is 0 Å². The van der Waals surface area contributed by atoms with Crippen molar-refractivity contribution in [1.82, 2.24) is 4.90 Å². The zero-order valence-electron chi connectivity index (χ0n) is 9.76. The van der Waals surface area contributed by atoms with E-state index in [-0.39, 0.29) is 35.5 Å². The average Bonchev–Trinajstić information content (AvgIpc) is 2.07. The van der Waals surface area contributed by atoms with Crippen molar-refractivity contribution in [2.24, 2.45) is 0 Å². The molecular formula is C9H18ClNNaO2. The second-order valence-electron chi connectivity index (χ2n) is 2.72. The molecule has 0 rings (SSSR count). The zero-order chi connectivity index (χ0) is 10.9. The summed E-state index contributed by atoms with van der Waals surface area (Å²) in [5, 5.41) is 0. The topological polar surface area (TPSA) is 29.5 Å². The summed E-state index contributed by atoms with van der Waals surface area (Å²) in [6.07, 6.45) is 1.47. The number of likely N-dealkylation sites (N-methyl/N-ethyl adjacent to an activating group) is 1. The van der Waals surface area contributed by atoms with E-state index in [1.54, 1.807) is 6.92 Å². The molecule has 0 aromatic heterocycles. The number of rotatable bonds is 4. The fourth-order valence-corrected chi connectivity index (χ4v) is 0.444. The number of halogens is 1.